The number of fused-ring (bicyclic) bond motifs is 1. The number of ether oxygens (including phenoxy) is 1. The number of anilines is 1. The fourth-order valence-electron chi connectivity index (χ4n) is 6.29. The van der Waals surface area contributed by atoms with Crippen LogP contribution >= 0.6 is 0 Å². The van der Waals surface area contributed by atoms with Crippen LogP contribution in [0.5, 0.6) is 5.75 Å². The Morgan fingerprint density at radius 1 is 1.05 bits per heavy atom. The third-order valence-electron chi connectivity index (χ3n) is 8.76. The van der Waals surface area contributed by atoms with Gasteiger partial charge in [-0.25, -0.2) is 4.39 Å². The van der Waals surface area contributed by atoms with Crippen molar-refractivity contribution in [3.63, 3.8) is 0 Å². The van der Waals surface area contributed by atoms with E-state index in [1.165, 1.54) is 11.0 Å². The van der Waals surface area contributed by atoms with Gasteiger partial charge in [0.2, 0.25) is 11.8 Å². The van der Waals surface area contributed by atoms with Gasteiger partial charge in [0.05, 0.1) is 23.9 Å². The molecule has 0 bridgehead atoms. The van der Waals surface area contributed by atoms with Crippen LogP contribution in [0.15, 0.2) is 60.7 Å². The van der Waals surface area contributed by atoms with E-state index >= 15 is 0 Å². The van der Waals surface area contributed by atoms with Crippen LogP contribution in [0.4, 0.5) is 10.1 Å². The van der Waals surface area contributed by atoms with E-state index in [0.29, 0.717) is 48.7 Å². The summed E-state index contributed by atoms with van der Waals surface area (Å²) >= 11 is 0. The molecule has 0 radical (unpaired) electrons. The van der Waals surface area contributed by atoms with E-state index in [0.717, 1.165) is 29.5 Å². The van der Waals surface area contributed by atoms with Crippen LogP contribution in [0.3, 0.4) is 0 Å². The maximum Gasteiger partial charge on any atom is 0.255 e. The summed E-state index contributed by atoms with van der Waals surface area (Å²) in [6.07, 6.45) is 2.18. The number of nitrogens with one attached hydrogen (secondary N) is 1. The van der Waals surface area contributed by atoms with Crippen molar-refractivity contribution in [3.8, 4) is 11.8 Å². The first-order valence-electron chi connectivity index (χ1n) is 14.5. The summed E-state index contributed by atoms with van der Waals surface area (Å²) in [4.78, 5) is 40.5. The van der Waals surface area contributed by atoms with Gasteiger partial charge < -0.3 is 20.3 Å². The first-order valence-corrected chi connectivity index (χ1v) is 14.5. The Labute approximate surface area is 249 Å². The van der Waals surface area contributed by atoms with Crippen molar-refractivity contribution in [1.82, 2.24) is 10.2 Å². The number of nitrogens with two attached hydrogens (primary N) is 1. The standard InChI is InChI=1S/C33H32FN5O4/c34-26-16-21(17-35)6-9-27(26)38-14-12-23(13-15-38)31(36)22-7-4-20(5-8-22)19-43-29-3-1-2-24-25(29)18-39(33(24)42)28-10-11-30(40)37-32(28)41/h1-9,16,23,28,31H,10-15,18-19,36H2,(H,37,40,41)/t28-,31?/m0/s1. The molecule has 220 valence electrons. The van der Waals surface area contributed by atoms with Crippen molar-refractivity contribution in [2.45, 2.75) is 50.9 Å². The molecule has 3 N–H and O–H groups in total. The van der Waals surface area contributed by atoms with Gasteiger partial charge in [0.25, 0.3) is 5.91 Å². The van der Waals surface area contributed by atoms with Gasteiger partial charge in [-0.1, -0.05) is 30.3 Å². The van der Waals surface area contributed by atoms with Crippen LogP contribution in [0.2, 0.25) is 0 Å². The molecule has 43 heavy (non-hydrogen) atoms. The largest absolute Gasteiger partial charge is 0.489 e. The van der Waals surface area contributed by atoms with Crippen molar-refractivity contribution in [3.05, 3.63) is 94.3 Å². The number of piperidine rings is 2. The zero-order valence-corrected chi connectivity index (χ0v) is 23.6. The Bertz CT molecular complexity index is 1610. The molecule has 6 rings (SSSR count). The summed E-state index contributed by atoms with van der Waals surface area (Å²) < 4.78 is 20.6. The van der Waals surface area contributed by atoms with Gasteiger partial charge in [-0.2, -0.15) is 5.26 Å². The number of halogens is 1. The second-order valence-corrected chi connectivity index (χ2v) is 11.3. The van der Waals surface area contributed by atoms with Crippen molar-refractivity contribution < 1.29 is 23.5 Å². The van der Waals surface area contributed by atoms with Gasteiger partial charge in [-0.3, -0.25) is 19.7 Å². The lowest BCUT2D eigenvalue weighted by Gasteiger charge is -2.36. The molecule has 3 aromatic carbocycles. The normalized spacial score (nSPS) is 19.6. The highest BCUT2D eigenvalue weighted by molar-refractivity contribution is 6.05. The predicted octanol–water partition coefficient (Wildman–Crippen LogP) is 3.95. The Morgan fingerprint density at radius 3 is 2.51 bits per heavy atom. The van der Waals surface area contributed by atoms with Crippen molar-refractivity contribution >= 4 is 23.4 Å². The molecule has 3 aliphatic rings. The number of amides is 3. The van der Waals surface area contributed by atoms with Crippen molar-refractivity contribution in [2.75, 3.05) is 18.0 Å². The SMILES string of the molecule is N#Cc1ccc(N2CCC(C(N)c3ccc(COc4cccc5c4CN([C@H]4CCC(=O)NC4=O)C5=O)cc3)CC2)c(F)c1. The minimum Gasteiger partial charge on any atom is -0.489 e. The minimum atomic E-state index is -0.674. The molecule has 0 aromatic heterocycles. The summed E-state index contributed by atoms with van der Waals surface area (Å²) in [6, 6.07) is 19.1. The number of nitrogens with zero attached hydrogens (tertiary/aromatic N) is 3. The van der Waals surface area contributed by atoms with E-state index in [1.54, 1.807) is 24.3 Å². The maximum absolute atomic E-state index is 14.5. The maximum atomic E-state index is 14.5. The molecule has 2 fully saturated rings. The average Bonchev–Trinajstić information content (AvgIpc) is 3.36. The topological polar surface area (TPSA) is 129 Å². The molecule has 0 aliphatic carbocycles. The number of hydrogen-bond donors (Lipinski definition) is 2. The molecule has 2 saturated heterocycles. The molecular formula is C33H32FN5O4. The van der Waals surface area contributed by atoms with Gasteiger partial charge >= 0.3 is 0 Å². The first-order chi connectivity index (χ1) is 20.8. The van der Waals surface area contributed by atoms with Crippen LogP contribution in [-0.4, -0.2) is 41.8 Å². The average molecular weight is 582 g/mol. The quantitative estimate of drug-likeness (QED) is 0.404. The minimum absolute atomic E-state index is 0.149. The number of nitriles is 1. The van der Waals surface area contributed by atoms with Gasteiger partial charge in [0.1, 0.15) is 24.2 Å². The lowest BCUT2D eigenvalue weighted by atomic mass is 9.85. The number of rotatable bonds is 7. The molecule has 10 heteroatoms. The molecule has 3 heterocycles. The second kappa shape index (κ2) is 11.9. The van der Waals surface area contributed by atoms with Gasteiger partial charge in [-0.05, 0) is 66.6 Å². The van der Waals surface area contributed by atoms with Crippen LogP contribution in [0, 0.1) is 23.1 Å². The van der Waals surface area contributed by atoms with Crippen molar-refractivity contribution in [1.29, 1.82) is 5.26 Å². The fraction of sp³-hybridized carbons (Fsp3) is 0.333. The lowest BCUT2D eigenvalue weighted by Crippen LogP contribution is -2.52. The van der Waals surface area contributed by atoms with E-state index in [4.69, 9.17) is 15.7 Å². The summed E-state index contributed by atoms with van der Waals surface area (Å²) in [5.74, 6) is -0.519. The lowest BCUT2D eigenvalue weighted by molar-refractivity contribution is -0.136. The van der Waals surface area contributed by atoms with E-state index < -0.39 is 11.9 Å². The van der Waals surface area contributed by atoms with E-state index in [2.05, 4.69) is 5.32 Å². The van der Waals surface area contributed by atoms with Gasteiger partial charge in [-0.15, -0.1) is 0 Å². The van der Waals surface area contributed by atoms with Gasteiger partial charge in [0, 0.05) is 36.7 Å². The predicted molar refractivity (Wildman–Crippen MR) is 156 cm³/mol. The van der Waals surface area contributed by atoms with E-state index in [-0.39, 0.29) is 42.6 Å². The Hall–Kier alpha value is -4.75. The highest BCUT2D eigenvalue weighted by Gasteiger charge is 2.40. The number of hydrogen-bond acceptors (Lipinski definition) is 7. The van der Waals surface area contributed by atoms with Crippen LogP contribution in [0.25, 0.3) is 0 Å². The highest BCUT2D eigenvalue weighted by atomic mass is 19.1. The summed E-state index contributed by atoms with van der Waals surface area (Å²) in [7, 11) is 0. The third kappa shape index (κ3) is 5.68. The molecule has 3 aliphatic heterocycles. The molecule has 1 unspecified atom stereocenters. The zero-order valence-electron chi connectivity index (χ0n) is 23.6. The number of carbonyl (C=O) groups excluding carboxylic acids is 3. The van der Waals surface area contributed by atoms with E-state index in [1.807, 2.05) is 41.3 Å². The van der Waals surface area contributed by atoms with Crippen LogP contribution in [0.1, 0.15) is 64.3 Å². The fourth-order valence-corrected chi connectivity index (χ4v) is 6.29. The molecule has 3 amide bonds. The smallest absolute Gasteiger partial charge is 0.255 e. The zero-order chi connectivity index (χ0) is 30.1. The number of carbonyl (C=O) groups is 3. The highest BCUT2D eigenvalue weighted by Crippen LogP contribution is 2.35. The molecule has 3 aromatic rings. The Kier molecular flexibility index (Phi) is 7.82. The molecule has 2 atom stereocenters. The number of imide groups is 1. The summed E-state index contributed by atoms with van der Waals surface area (Å²) in [5, 5.41) is 11.3. The van der Waals surface area contributed by atoms with E-state index in [9.17, 15) is 18.8 Å². The molecule has 0 saturated carbocycles. The second-order valence-electron chi connectivity index (χ2n) is 11.3. The Morgan fingerprint density at radius 2 is 1.81 bits per heavy atom. The summed E-state index contributed by atoms with van der Waals surface area (Å²) in [6.45, 7) is 1.93. The Balaban J connectivity index is 1.05. The molecule has 9 nitrogen and oxygen atoms in total. The summed E-state index contributed by atoms with van der Waals surface area (Å²) in [5.41, 5.74) is 10.7. The van der Waals surface area contributed by atoms with Crippen LogP contribution < -0.4 is 20.7 Å². The first kappa shape index (κ1) is 28.4. The monoisotopic (exact) mass is 581 g/mol. The van der Waals surface area contributed by atoms with Gasteiger partial charge in [0.15, 0.2) is 0 Å². The molecule has 0 spiro atoms. The van der Waals surface area contributed by atoms with Crippen molar-refractivity contribution in [2.24, 2.45) is 11.7 Å². The van der Waals surface area contributed by atoms with Crippen LogP contribution in [-0.2, 0) is 22.7 Å². The third-order valence-corrected chi connectivity index (χ3v) is 8.76. The number of benzene rings is 3. The molecular weight excluding hydrogens is 549 g/mol.